The summed E-state index contributed by atoms with van der Waals surface area (Å²) in [5, 5.41) is 3.09. The maximum Gasteiger partial charge on any atom is 0.416 e. The molecule has 0 radical (unpaired) electrons. The van der Waals surface area contributed by atoms with Crippen LogP contribution in [0.5, 0.6) is 0 Å². The number of amides is 1. The van der Waals surface area contributed by atoms with E-state index in [1.165, 1.54) is 11.0 Å². The molecule has 0 saturated carbocycles. The number of nitrogens with zero attached hydrogens (tertiary/aromatic N) is 1. The molecule has 1 amide bonds. The molecule has 3 rings (SSSR count). The second-order valence-electron chi connectivity index (χ2n) is 6.31. The number of hydrogen-bond acceptors (Lipinski definition) is 2. The molecule has 0 atom stereocenters. The summed E-state index contributed by atoms with van der Waals surface area (Å²) in [6.45, 7) is 0.940. The van der Waals surface area contributed by atoms with E-state index >= 15 is 0 Å². The molecule has 0 spiro atoms. The number of halogens is 4. The van der Waals surface area contributed by atoms with E-state index in [9.17, 15) is 18.0 Å². The van der Waals surface area contributed by atoms with Crippen LogP contribution in [0.2, 0.25) is 0 Å². The number of rotatable bonds is 3. The number of anilines is 3. The van der Waals surface area contributed by atoms with Gasteiger partial charge in [-0.05, 0) is 30.3 Å². The van der Waals surface area contributed by atoms with Crippen molar-refractivity contribution in [2.45, 2.75) is 6.18 Å². The number of para-hydroxylation sites is 1. The van der Waals surface area contributed by atoms with Crippen LogP contribution in [-0.2, 0) is 6.18 Å². The van der Waals surface area contributed by atoms with Crippen LogP contribution < -0.4 is 27.5 Å². The highest BCUT2D eigenvalue weighted by molar-refractivity contribution is 6.13. The highest BCUT2D eigenvalue weighted by atomic mass is 35.5. The molecule has 4 nitrogen and oxygen atoms in total. The predicted octanol–water partition coefficient (Wildman–Crippen LogP) is -0.442. The van der Waals surface area contributed by atoms with Gasteiger partial charge >= 0.3 is 6.18 Å². The highest BCUT2D eigenvalue weighted by Gasteiger charge is 2.34. The third-order valence-electron chi connectivity index (χ3n) is 4.12. The Balaban J connectivity index is 0.00000243. The van der Waals surface area contributed by atoms with E-state index in [2.05, 4.69) is 5.32 Å². The molecular weight excluding hydrogens is 367 g/mol. The van der Waals surface area contributed by atoms with Gasteiger partial charge in [-0.25, -0.2) is 0 Å². The van der Waals surface area contributed by atoms with E-state index < -0.39 is 11.7 Å². The quantitative estimate of drug-likeness (QED) is 0.751. The average Bonchev–Trinajstić information content (AvgIpc) is 2.66. The molecule has 1 aliphatic heterocycles. The van der Waals surface area contributed by atoms with Gasteiger partial charge in [0.1, 0.15) is 0 Å². The van der Waals surface area contributed by atoms with Crippen molar-refractivity contribution in [2.24, 2.45) is 0 Å². The van der Waals surface area contributed by atoms with Crippen molar-refractivity contribution in [2.75, 3.05) is 37.4 Å². The molecule has 1 heterocycles. The predicted molar refractivity (Wildman–Crippen MR) is 90.5 cm³/mol. The van der Waals surface area contributed by atoms with Crippen LogP contribution in [-0.4, -0.2) is 33.1 Å². The second kappa shape index (κ2) is 7.55. The van der Waals surface area contributed by atoms with E-state index in [0.29, 0.717) is 30.0 Å². The van der Waals surface area contributed by atoms with Crippen LogP contribution in [0.15, 0.2) is 42.5 Å². The lowest BCUT2D eigenvalue weighted by Gasteiger charge is -2.24. The lowest BCUT2D eigenvalue weighted by Crippen LogP contribution is -3.06. The normalized spacial score (nSPS) is 13.5. The zero-order chi connectivity index (χ0) is 18.2. The minimum absolute atomic E-state index is 0. The molecule has 1 aliphatic rings. The SMILES string of the molecule is C[NH+](C)CCN1C(=O)c2ccccc2Nc2ccc(C(F)(F)F)cc21.[Cl-]. The summed E-state index contributed by atoms with van der Waals surface area (Å²) in [5.41, 5.74) is 1.00. The Morgan fingerprint density at radius 1 is 1.08 bits per heavy atom. The van der Waals surface area contributed by atoms with Crippen molar-refractivity contribution in [3.05, 3.63) is 53.6 Å². The van der Waals surface area contributed by atoms with E-state index in [-0.39, 0.29) is 24.0 Å². The zero-order valence-corrected chi connectivity index (χ0v) is 15.1. The van der Waals surface area contributed by atoms with Crippen molar-refractivity contribution in [3.63, 3.8) is 0 Å². The van der Waals surface area contributed by atoms with Crippen LogP contribution in [0.3, 0.4) is 0 Å². The van der Waals surface area contributed by atoms with Crippen molar-refractivity contribution in [1.82, 2.24) is 0 Å². The van der Waals surface area contributed by atoms with Gasteiger partial charge in [0.05, 0.1) is 55.4 Å². The first-order valence-corrected chi connectivity index (χ1v) is 7.95. The number of alkyl halides is 3. The van der Waals surface area contributed by atoms with E-state index in [0.717, 1.165) is 17.0 Å². The van der Waals surface area contributed by atoms with Gasteiger partial charge in [-0.2, -0.15) is 13.2 Å². The third-order valence-corrected chi connectivity index (χ3v) is 4.12. The number of benzene rings is 2. The molecule has 2 N–H and O–H groups in total. The minimum Gasteiger partial charge on any atom is -1.00 e. The fourth-order valence-corrected chi connectivity index (χ4v) is 2.77. The van der Waals surface area contributed by atoms with Crippen LogP contribution in [0.4, 0.5) is 30.2 Å². The highest BCUT2D eigenvalue weighted by Crippen LogP contribution is 2.39. The summed E-state index contributed by atoms with van der Waals surface area (Å²) in [4.78, 5) is 15.5. The largest absolute Gasteiger partial charge is 1.00 e. The number of fused-ring (bicyclic) bond motifs is 2. The van der Waals surface area contributed by atoms with Crippen molar-refractivity contribution >= 4 is 23.0 Å². The Labute approximate surface area is 156 Å². The number of carbonyl (C=O) groups excluding carboxylic acids is 1. The van der Waals surface area contributed by atoms with Gasteiger partial charge in [0.25, 0.3) is 5.91 Å². The summed E-state index contributed by atoms with van der Waals surface area (Å²) in [5.74, 6) is -0.303. The van der Waals surface area contributed by atoms with Gasteiger partial charge in [-0.3, -0.25) is 4.79 Å². The molecule has 140 valence electrons. The van der Waals surface area contributed by atoms with Crippen LogP contribution in [0.25, 0.3) is 0 Å². The third kappa shape index (κ3) is 3.94. The first-order chi connectivity index (χ1) is 11.8. The number of hydrogen-bond donors (Lipinski definition) is 2. The lowest BCUT2D eigenvalue weighted by atomic mass is 10.1. The first-order valence-electron chi connectivity index (χ1n) is 7.95. The number of likely N-dealkylation sites (N-methyl/N-ethyl adjacent to an activating group) is 1. The van der Waals surface area contributed by atoms with Gasteiger partial charge in [-0.1, -0.05) is 12.1 Å². The second-order valence-corrected chi connectivity index (χ2v) is 6.31. The Morgan fingerprint density at radius 3 is 2.42 bits per heavy atom. The molecule has 0 saturated heterocycles. The Kier molecular flexibility index (Phi) is 5.83. The summed E-state index contributed by atoms with van der Waals surface area (Å²) >= 11 is 0. The average molecular weight is 386 g/mol. The van der Waals surface area contributed by atoms with Crippen LogP contribution in [0, 0.1) is 0 Å². The van der Waals surface area contributed by atoms with E-state index in [1.807, 2.05) is 14.1 Å². The zero-order valence-electron chi connectivity index (χ0n) is 14.3. The standard InChI is InChI=1S/C18H18F3N3O.ClH/c1-23(2)9-10-24-16-11-12(18(19,20)21)7-8-15(16)22-14-6-4-3-5-13(14)17(24)25;/h3-8,11,22H,9-10H2,1-2H3;1H. The van der Waals surface area contributed by atoms with Gasteiger partial charge < -0.3 is 27.5 Å². The lowest BCUT2D eigenvalue weighted by molar-refractivity contribution is -0.856. The van der Waals surface area contributed by atoms with Gasteiger partial charge in [0, 0.05) is 0 Å². The molecular formula is C18H19ClF3N3O. The molecule has 0 unspecified atom stereocenters. The summed E-state index contributed by atoms with van der Waals surface area (Å²) in [7, 11) is 3.86. The molecule has 0 bridgehead atoms. The number of quaternary nitrogens is 1. The topological polar surface area (TPSA) is 36.8 Å². The summed E-state index contributed by atoms with van der Waals surface area (Å²) < 4.78 is 39.4. The Hall–Kier alpha value is -2.25. The minimum atomic E-state index is -4.46. The van der Waals surface area contributed by atoms with Crippen LogP contribution in [0.1, 0.15) is 15.9 Å². The molecule has 8 heteroatoms. The fraction of sp³-hybridized carbons (Fsp3) is 0.278. The van der Waals surface area contributed by atoms with E-state index in [1.54, 1.807) is 24.3 Å². The van der Waals surface area contributed by atoms with E-state index in [4.69, 9.17) is 0 Å². The van der Waals surface area contributed by atoms with Crippen LogP contribution >= 0.6 is 0 Å². The number of carbonyl (C=O) groups is 1. The molecule has 26 heavy (non-hydrogen) atoms. The fourth-order valence-electron chi connectivity index (χ4n) is 2.77. The Morgan fingerprint density at radius 2 is 1.77 bits per heavy atom. The maximum absolute atomic E-state index is 13.1. The monoisotopic (exact) mass is 385 g/mol. The van der Waals surface area contributed by atoms with Gasteiger partial charge in [-0.15, -0.1) is 0 Å². The van der Waals surface area contributed by atoms with Gasteiger partial charge in [0.2, 0.25) is 0 Å². The smallest absolute Gasteiger partial charge is 0.416 e. The summed E-state index contributed by atoms with van der Waals surface area (Å²) in [6, 6.07) is 10.4. The molecule has 0 fully saturated rings. The Bertz CT molecular complexity index is 809. The maximum atomic E-state index is 13.1. The van der Waals surface area contributed by atoms with Crippen molar-refractivity contribution in [1.29, 1.82) is 0 Å². The first kappa shape index (κ1) is 20.1. The van der Waals surface area contributed by atoms with Crippen molar-refractivity contribution in [3.8, 4) is 0 Å². The molecule has 2 aromatic rings. The number of nitrogens with one attached hydrogen (secondary N) is 2. The van der Waals surface area contributed by atoms with Crippen molar-refractivity contribution < 1.29 is 35.3 Å². The molecule has 0 aromatic heterocycles. The summed E-state index contributed by atoms with van der Waals surface area (Å²) in [6.07, 6.45) is -4.46. The molecule has 2 aromatic carbocycles. The van der Waals surface area contributed by atoms with Gasteiger partial charge in [0.15, 0.2) is 0 Å². The molecule has 0 aliphatic carbocycles.